The lowest BCUT2D eigenvalue weighted by Gasteiger charge is -2.24. The predicted molar refractivity (Wildman–Crippen MR) is 113 cm³/mol. The fraction of sp³-hybridized carbons (Fsp3) is 0.105. The molecule has 0 aliphatic carbocycles. The number of pyridine rings is 1. The third-order valence-electron chi connectivity index (χ3n) is 4.09. The Balaban J connectivity index is 2.46. The van der Waals surface area contributed by atoms with Crippen molar-refractivity contribution in [2.75, 3.05) is 4.90 Å². The second-order valence-corrected chi connectivity index (χ2v) is 7.33. The van der Waals surface area contributed by atoms with Crippen molar-refractivity contribution in [3.05, 3.63) is 68.3 Å². The molecule has 1 amide bonds. The van der Waals surface area contributed by atoms with E-state index in [1.807, 2.05) is 12.1 Å². The highest BCUT2D eigenvalue weighted by atomic mass is 79.9. The maximum Gasteiger partial charge on any atom is 0.270 e. The standard InChI is InChI=1S/C19H12Br2N4O3/c1-11(26)24(15-4-2-3-14(21)6-15)19-13(9-22)10-23-18-12(8-20)5-16(25(27)28)7-17(18)19/h2-7,10H,8H2,1H3. The largest absolute Gasteiger partial charge is 0.279 e. The summed E-state index contributed by atoms with van der Waals surface area (Å²) in [4.78, 5) is 29.2. The van der Waals surface area contributed by atoms with Gasteiger partial charge in [0.1, 0.15) is 6.07 Å². The van der Waals surface area contributed by atoms with Crippen LogP contribution in [0.15, 0.2) is 47.1 Å². The molecule has 0 unspecified atom stereocenters. The van der Waals surface area contributed by atoms with E-state index in [0.29, 0.717) is 27.5 Å². The van der Waals surface area contributed by atoms with E-state index in [0.717, 1.165) is 4.47 Å². The molecule has 2 aromatic carbocycles. The van der Waals surface area contributed by atoms with Gasteiger partial charge in [0.15, 0.2) is 0 Å². The van der Waals surface area contributed by atoms with E-state index in [4.69, 9.17) is 0 Å². The van der Waals surface area contributed by atoms with Crippen molar-refractivity contribution in [3.63, 3.8) is 0 Å². The number of nitrogens with zero attached hydrogens (tertiary/aromatic N) is 4. The zero-order chi connectivity index (χ0) is 20.4. The first-order valence-corrected chi connectivity index (χ1v) is 9.91. The van der Waals surface area contributed by atoms with Gasteiger partial charge in [-0.1, -0.05) is 37.9 Å². The van der Waals surface area contributed by atoms with Crippen molar-refractivity contribution in [2.24, 2.45) is 0 Å². The van der Waals surface area contributed by atoms with E-state index in [2.05, 4.69) is 36.8 Å². The quantitative estimate of drug-likeness (QED) is 0.271. The molecule has 140 valence electrons. The van der Waals surface area contributed by atoms with Gasteiger partial charge in [-0.15, -0.1) is 0 Å². The minimum atomic E-state index is -0.508. The number of amides is 1. The smallest absolute Gasteiger partial charge is 0.270 e. The SMILES string of the molecule is CC(=O)N(c1cccc(Br)c1)c1c(C#N)cnc2c(CBr)cc([N+](=O)[O-])cc12. The number of nitriles is 1. The number of non-ortho nitro benzene ring substituents is 1. The molecule has 3 rings (SSSR count). The lowest BCUT2D eigenvalue weighted by atomic mass is 10.0. The molecule has 1 heterocycles. The Morgan fingerprint density at radius 3 is 2.68 bits per heavy atom. The molecular formula is C19H12Br2N4O3. The van der Waals surface area contributed by atoms with Gasteiger partial charge < -0.3 is 0 Å². The predicted octanol–water partition coefficient (Wildman–Crippen LogP) is 5.36. The van der Waals surface area contributed by atoms with E-state index < -0.39 is 4.92 Å². The van der Waals surface area contributed by atoms with Gasteiger partial charge >= 0.3 is 0 Å². The summed E-state index contributed by atoms with van der Waals surface area (Å²) in [6, 6.07) is 11.8. The van der Waals surface area contributed by atoms with Gasteiger partial charge in [0.25, 0.3) is 5.69 Å². The van der Waals surface area contributed by atoms with E-state index in [-0.39, 0.29) is 22.8 Å². The minimum absolute atomic E-state index is 0.141. The second-order valence-electron chi connectivity index (χ2n) is 5.86. The summed E-state index contributed by atoms with van der Waals surface area (Å²) < 4.78 is 0.750. The first kappa shape index (κ1) is 19.9. The maximum atomic E-state index is 12.6. The Labute approximate surface area is 177 Å². The lowest BCUT2D eigenvalue weighted by molar-refractivity contribution is -0.384. The summed E-state index contributed by atoms with van der Waals surface area (Å²) in [6.45, 7) is 1.37. The highest BCUT2D eigenvalue weighted by Crippen LogP contribution is 2.38. The van der Waals surface area contributed by atoms with Gasteiger partial charge in [-0.3, -0.25) is 24.8 Å². The monoisotopic (exact) mass is 502 g/mol. The normalized spacial score (nSPS) is 10.5. The molecule has 0 saturated heterocycles. The number of carbonyl (C=O) groups excluding carboxylic acids is 1. The molecule has 28 heavy (non-hydrogen) atoms. The number of halogens is 2. The van der Waals surface area contributed by atoms with Crippen LogP contribution in [0, 0.1) is 21.4 Å². The molecule has 0 fully saturated rings. The van der Waals surface area contributed by atoms with Crippen LogP contribution in [-0.2, 0) is 10.1 Å². The van der Waals surface area contributed by atoms with Crippen molar-refractivity contribution in [1.29, 1.82) is 5.26 Å². The summed E-state index contributed by atoms with van der Waals surface area (Å²) >= 11 is 6.71. The van der Waals surface area contributed by atoms with Crippen LogP contribution < -0.4 is 4.90 Å². The minimum Gasteiger partial charge on any atom is -0.279 e. The fourth-order valence-corrected chi connectivity index (χ4v) is 3.77. The van der Waals surface area contributed by atoms with Crippen molar-refractivity contribution >= 4 is 65.7 Å². The molecule has 9 heteroatoms. The van der Waals surface area contributed by atoms with Crippen LogP contribution in [0.1, 0.15) is 18.1 Å². The highest BCUT2D eigenvalue weighted by molar-refractivity contribution is 9.10. The maximum absolute atomic E-state index is 12.6. The van der Waals surface area contributed by atoms with Crippen LogP contribution in [0.3, 0.4) is 0 Å². The molecule has 0 radical (unpaired) electrons. The number of anilines is 2. The Hall–Kier alpha value is -2.83. The number of rotatable bonds is 4. The van der Waals surface area contributed by atoms with Crippen molar-refractivity contribution in [1.82, 2.24) is 4.98 Å². The number of nitro benzene ring substituents is 1. The lowest BCUT2D eigenvalue weighted by Crippen LogP contribution is -2.24. The molecule has 0 N–H and O–H groups in total. The summed E-state index contributed by atoms with van der Waals surface area (Å²) in [5.74, 6) is -0.339. The van der Waals surface area contributed by atoms with Crippen molar-refractivity contribution in [3.8, 4) is 6.07 Å². The molecule has 7 nitrogen and oxygen atoms in total. The number of alkyl halides is 1. The molecule has 1 aromatic heterocycles. The van der Waals surface area contributed by atoms with Gasteiger partial charge in [-0.2, -0.15) is 5.26 Å². The zero-order valence-electron chi connectivity index (χ0n) is 14.5. The van der Waals surface area contributed by atoms with Gasteiger partial charge in [0.05, 0.1) is 27.4 Å². The summed E-state index contributed by atoms with van der Waals surface area (Å²) in [6.07, 6.45) is 1.38. The average molecular weight is 504 g/mol. The summed E-state index contributed by atoms with van der Waals surface area (Å²) in [5.41, 5.74) is 1.87. The van der Waals surface area contributed by atoms with E-state index in [1.54, 1.807) is 18.2 Å². The molecular weight excluding hydrogens is 492 g/mol. The highest BCUT2D eigenvalue weighted by Gasteiger charge is 2.24. The summed E-state index contributed by atoms with van der Waals surface area (Å²) in [5, 5.41) is 21.7. The molecule has 3 aromatic rings. The van der Waals surface area contributed by atoms with Crippen LogP contribution in [-0.4, -0.2) is 15.8 Å². The Bertz CT molecular complexity index is 1160. The van der Waals surface area contributed by atoms with Crippen LogP contribution in [0.25, 0.3) is 10.9 Å². The molecule has 0 atom stereocenters. The van der Waals surface area contributed by atoms with Crippen molar-refractivity contribution < 1.29 is 9.72 Å². The Kier molecular flexibility index (Phi) is 5.72. The van der Waals surface area contributed by atoms with E-state index >= 15 is 0 Å². The first-order valence-electron chi connectivity index (χ1n) is 7.99. The molecule has 0 aliphatic heterocycles. The summed E-state index contributed by atoms with van der Waals surface area (Å²) in [7, 11) is 0. The third-order valence-corrected chi connectivity index (χ3v) is 5.18. The topological polar surface area (TPSA) is 100 Å². The molecule has 0 spiro atoms. The van der Waals surface area contributed by atoms with Crippen LogP contribution >= 0.6 is 31.9 Å². The third kappa shape index (κ3) is 3.61. The number of carbonyl (C=O) groups is 1. The number of hydrogen-bond acceptors (Lipinski definition) is 5. The van der Waals surface area contributed by atoms with Gasteiger partial charge in [-0.05, 0) is 23.8 Å². The molecule has 0 bridgehead atoms. The van der Waals surface area contributed by atoms with E-state index in [1.165, 1.54) is 30.2 Å². The Morgan fingerprint density at radius 1 is 1.36 bits per heavy atom. The number of fused-ring (bicyclic) bond motifs is 1. The fourth-order valence-electron chi connectivity index (χ4n) is 2.96. The molecule has 0 saturated carbocycles. The van der Waals surface area contributed by atoms with Crippen LogP contribution in [0.2, 0.25) is 0 Å². The number of aromatic nitrogens is 1. The van der Waals surface area contributed by atoms with Gasteiger partial charge in [0, 0.05) is 40.4 Å². The second kappa shape index (κ2) is 8.04. The van der Waals surface area contributed by atoms with E-state index in [9.17, 15) is 20.2 Å². The zero-order valence-corrected chi connectivity index (χ0v) is 17.7. The average Bonchev–Trinajstić information content (AvgIpc) is 2.67. The van der Waals surface area contributed by atoms with Crippen LogP contribution in [0.5, 0.6) is 0 Å². The number of hydrogen-bond donors (Lipinski definition) is 0. The molecule has 0 aliphatic rings. The van der Waals surface area contributed by atoms with Crippen molar-refractivity contribution in [2.45, 2.75) is 12.3 Å². The first-order chi connectivity index (χ1) is 13.4. The van der Waals surface area contributed by atoms with Crippen LogP contribution in [0.4, 0.5) is 17.1 Å². The number of benzene rings is 2. The van der Waals surface area contributed by atoms with Gasteiger partial charge in [0.2, 0.25) is 5.91 Å². The number of nitro groups is 1. The van der Waals surface area contributed by atoms with Gasteiger partial charge in [-0.25, -0.2) is 0 Å². The Morgan fingerprint density at radius 2 is 2.11 bits per heavy atom.